The van der Waals surface area contributed by atoms with Crippen LogP contribution in [-0.4, -0.2) is 35.1 Å². The molecule has 0 unspecified atom stereocenters. The molecule has 0 bridgehead atoms. The van der Waals surface area contributed by atoms with E-state index in [0.29, 0.717) is 13.1 Å². The first kappa shape index (κ1) is 10.5. The van der Waals surface area contributed by atoms with Crippen molar-refractivity contribution in [3.8, 4) is 0 Å². The fourth-order valence-corrected chi connectivity index (χ4v) is 1.54. The molecule has 1 fully saturated rings. The second-order valence-corrected chi connectivity index (χ2v) is 4.77. The van der Waals surface area contributed by atoms with Gasteiger partial charge in [0.15, 0.2) is 0 Å². The first-order valence-electron chi connectivity index (χ1n) is 4.88. The summed E-state index contributed by atoms with van der Waals surface area (Å²) < 4.78 is 0. The van der Waals surface area contributed by atoms with Gasteiger partial charge in [-0.2, -0.15) is 0 Å². The summed E-state index contributed by atoms with van der Waals surface area (Å²) in [5.74, 6) is 0.194. The number of hydrogen-bond acceptors (Lipinski definition) is 2. The Labute approximate surface area is 79.7 Å². The fraction of sp³-hybridized carbons (Fsp3) is 0.900. The van der Waals surface area contributed by atoms with Gasteiger partial charge in [0.05, 0.1) is 6.10 Å². The zero-order valence-electron chi connectivity index (χ0n) is 8.71. The highest BCUT2D eigenvalue weighted by Crippen LogP contribution is 2.20. The van der Waals surface area contributed by atoms with Gasteiger partial charge in [-0.25, -0.2) is 0 Å². The molecule has 1 aliphatic rings. The van der Waals surface area contributed by atoms with Crippen molar-refractivity contribution in [1.29, 1.82) is 0 Å². The predicted molar refractivity (Wildman–Crippen MR) is 51.3 cm³/mol. The number of aliphatic hydroxyl groups excluding tert-OH is 1. The molecule has 3 nitrogen and oxygen atoms in total. The van der Waals surface area contributed by atoms with Gasteiger partial charge in [-0.1, -0.05) is 20.8 Å². The molecule has 3 heteroatoms. The lowest BCUT2D eigenvalue weighted by Gasteiger charge is -2.34. The fourth-order valence-electron chi connectivity index (χ4n) is 1.54. The molecule has 0 atom stereocenters. The van der Waals surface area contributed by atoms with Crippen molar-refractivity contribution in [1.82, 2.24) is 4.90 Å². The molecule has 13 heavy (non-hydrogen) atoms. The molecule has 1 heterocycles. The lowest BCUT2D eigenvalue weighted by atomic mass is 9.93. The quantitative estimate of drug-likeness (QED) is 0.612. The molecular formula is C10H19NO2. The number of rotatable bonds is 0. The van der Waals surface area contributed by atoms with Crippen LogP contribution in [0.25, 0.3) is 0 Å². The van der Waals surface area contributed by atoms with Crippen molar-refractivity contribution >= 4 is 5.91 Å². The van der Waals surface area contributed by atoms with E-state index in [1.165, 1.54) is 0 Å². The van der Waals surface area contributed by atoms with Crippen LogP contribution in [-0.2, 0) is 4.79 Å². The molecule has 1 rings (SSSR count). The number of piperidine rings is 1. The van der Waals surface area contributed by atoms with Crippen molar-refractivity contribution in [2.75, 3.05) is 13.1 Å². The standard InChI is InChI=1S/C10H19NO2/c1-10(2,3)9(13)11-6-4-8(12)5-7-11/h8,12H,4-7H2,1-3H3. The summed E-state index contributed by atoms with van der Waals surface area (Å²) in [6.07, 6.45) is 1.24. The van der Waals surface area contributed by atoms with E-state index in [9.17, 15) is 9.90 Å². The van der Waals surface area contributed by atoms with E-state index in [4.69, 9.17) is 0 Å². The minimum absolute atomic E-state index is 0.194. The van der Waals surface area contributed by atoms with Gasteiger partial charge in [-0.15, -0.1) is 0 Å². The third kappa shape index (κ3) is 2.69. The van der Waals surface area contributed by atoms with Crippen LogP contribution in [0.4, 0.5) is 0 Å². The molecule has 0 aromatic carbocycles. The smallest absolute Gasteiger partial charge is 0.227 e. The second kappa shape index (κ2) is 3.66. The number of carbonyl (C=O) groups excluding carboxylic acids is 1. The first-order chi connectivity index (χ1) is 5.91. The lowest BCUT2D eigenvalue weighted by molar-refractivity contribution is -0.141. The minimum atomic E-state index is -0.289. The van der Waals surface area contributed by atoms with Crippen LogP contribution in [0.3, 0.4) is 0 Å². The van der Waals surface area contributed by atoms with Crippen LogP contribution >= 0.6 is 0 Å². The van der Waals surface area contributed by atoms with E-state index in [2.05, 4.69) is 0 Å². The Bertz CT molecular complexity index is 188. The van der Waals surface area contributed by atoms with Crippen LogP contribution in [0.2, 0.25) is 0 Å². The molecule has 0 spiro atoms. The van der Waals surface area contributed by atoms with Gasteiger partial charge >= 0.3 is 0 Å². The van der Waals surface area contributed by atoms with Gasteiger partial charge in [0.1, 0.15) is 0 Å². The number of hydrogen-bond donors (Lipinski definition) is 1. The summed E-state index contributed by atoms with van der Waals surface area (Å²) >= 11 is 0. The molecule has 1 aliphatic heterocycles. The van der Waals surface area contributed by atoms with Crippen LogP contribution < -0.4 is 0 Å². The van der Waals surface area contributed by atoms with E-state index in [1.54, 1.807) is 0 Å². The van der Waals surface area contributed by atoms with E-state index >= 15 is 0 Å². The van der Waals surface area contributed by atoms with Gasteiger partial charge < -0.3 is 10.0 Å². The topological polar surface area (TPSA) is 40.5 Å². The Kier molecular flexibility index (Phi) is 2.96. The highest BCUT2D eigenvalue weighted by molar-refractivity contribution is 5.81. The first-order valence-corrected chi connectivity index (χ1v) is 4.88. The Morgan fingerprint density at radius 3 is 2.15 bits per heavy atom. The van der Waals surface area contributed by atoms with Crippen LogP contribution in [0.1, 0.15) is 33.6 Å². The zero-order chi connectivity index (χ0) is 10.1. The Morgan fingerprint density at radius 2 is 1.77 bits per heavy atom. The van der Waals surface area contributed by atoms with Gasteiger partial charge in [-0.05, 0) is 12.8 Å². The minimum Gasteiger partial charge on any atom is -0.393 e. The molecule has 1 N–H and O–H groups in total. The van der Waals surface area contributed by atoms with Crippen molar-refractivity contribution in [3.63, 3.8) is 0 Å². The maximum atomic E-state index is 11.8. The molecular weight excluding hydrogens is 166 g/mol. The van der Waals surface area contributed by atoms with E-state index in [0.717, 1.165) is 12.8 Å². The number of carbonyl (C=O) groups is 1. The van der Waals surface area contributed by atoms with Crippen molar-refractivity contribution in [3.05, 3.63) is 0 Å². The van der Waals surface area contributed by atoms with E-state index in [1.807, 2.05) is 25.7 Å². The Morgan fingerprint density at radius 1 is 1.31 bits per heavy atom. The molecule has 0 saturated carbocycles. The van der Waals surface area contributed by atoms with Crippen molar-refractivity contribution in [2.24, 2.45) is 5.41 Å². The third-order valence-electron chi connectivity index (χ3n) is 2.39. The highest BCUT2D eigenvalue weighted by Gasteiger charge is 2.29. The van der Waals surface area contributed by atoms with Gasteiger partial charge in [-0.3, -0.25) is 4.79 Å². The Hall–Kier alpha value is -0.570. The lowest BCUT2D eigenvalue weighted by Crippen LogP contribution is -2.45. The van der Waals surface area contributed by atoms with Crippen LogP contribution in [0, 0.1) is 5.41 Å². The Balaban J connectivity index is 2.50. The monoisotopic (exact) mass is 185 g/mol. The highest BCUT2D eigenvalue weighted by atomic mass is 16.3. The average molecular weight is 185 g/mol. The number of likely N-dealkylation sites (tertiary alicyclic amines) is 1. The zero-order valence-corrected chi connectivity index (χ0v) is 8.71. The summed E-state index contributed by atoms with van der Waals surface area (Å²) in [7, 11) is 0. The number of aliphatic hydroxyl groups is 1. The van der Waals surface area contributed by atoms with Crippen molar-refractivity contribution < 1.29 is 9.90 Å². The summed E-state index contributed by atoms with van der Waals surface area (Å²) in [6.45, 7) is 7.20. The average Bonchev–Trinajstić information content (AvgIpc) is 2.03. The molecule has 0 aromatic heterocycles. The van der Waals surface area contributed by atoms with E-state index < -0.39 is 0 Å². The SMILES string of the molecule is CC(C)(C)C(=O)N1CCC(O)CC1. The largest absolute Gasteiger partial charge is 0.393 e. The van der Waals surface area contributed by atoms with Gasteiger partial charge in [0.25, 0.3) is 0 Å². The molecule has 76 valence electrons. The van der Waals surface area contributed by atoms with Crippen LogP contribution in [0.5, 0.6) is 0 Å². The molecule has 0 aromatic rings. The third-order valence-corrected chi connectivity index (χ3v) is 2.39. The normalized spacial score (nSPS) is 20.5. The van der Waals surface area contributed by atoms with Crippen molar-refractivity contribution in [2.45, 2.75) is 39.7 Å². The van der Waals surface area contributed by atoms with Crippen LogP contribution in [0.15, 0.2) is 0 Å². The molecule has 0 aliphatic carbocycles. The summed E-state index contributed by atoms with van der Waals surface area (Å²) in [6, 6.07) is 0. The maximum absolute atomic E-state index is 11.8. The van der Waals surface area contributed by atoms with E-state index in [-0.39, 0.29) is 17.4 Å². The van der Waals surface area contributed by atoms with Gasteiger partial charge in [0.2, 0.25) is 5.91 Å². The number of amides is 1. The molecule has 0 radical (unpaired) electrons. The van der Waals surface area contributed by atoms with Gasteiger partial charge in [0, 0.05) is 18.5 Å². The summed E-state index contributed by atoms with van der Waals surface area (Å²) in [4.78, 5) is 13.6. The molecule has 1 amide bonds. The summed E-state index contributed by atoms with van der Waals surface area (Å²) in [5.41, 5.74) is -0.289. The molecule has 1 saturated heterocycles. The maximum Gasteiger partial charge on any atom is 0.227 e. The predicted octanol–water partition coefficient (Wildman–Crippen LogP) is 1.02. The summed E-state index contributed by atoms with van der Waals surface area (Å²) in [5, 5.41) is 9.27. The second-order valence-electron chi connectivity index (χ2n) is 4.77. The number of nitrogens with zero attached hydrogens (tertiary/aromatic N) is 1.